The summed E-state index contributed by atoms with van der Waals surface area (Å²) >= 11 is 0. The summed E-state index contributed by atoms with van der Waals surface area (Å²) in [6.45, 7) is 5.69. The first-order valence-electron chi connectivity index (χ1n) is 9.40. The quantitative estimate of drug-likeness (QED) is 0.397. The fourth-order valence-electron chi connectivity index (χ4n) is 2.41. The van der Waals surface area contributed by atoms with Gasteiger partial charge in [0.25, 0.3) is 0 Å². The minimum absolute atomic E-state index is 0.0458. The molecule has 0 fully saturated rings. The highest BCUT2D eigenvalue weighted by Crippen LogP contribution is 2.10. The van der Waals surface area contributed by atoms with Crippen molar-refractivity contribution in [1.29, 1.82) is 0 Å². The van der Waals surface area contributed by atoms with Crippen LogP contribution in [-0.4, -0.2) is 61.9 Å². The molecule has 0 aliphatic carbocycles. The van der Waals surface area contributed by atoms with Crippen LogP contribution in [0.15, 0.2) is 30.3 Å². The van der Waals surface area contributed by atoms with Gasteiger partial charge in [-0.05, 0) is 26.3 Å². The minimum atomic E-state index is -1.03. The predicted octanol–water partition coefficient (Wildman–Crippen LogP) is 2.55. The van der Waals surface area contributed by atoms with E-state index < -0.39 is 24.1 Å². The number of nitrogens with zero attached hydrogens (tertiary/aromatic N) is 1. The lowest BCUT2D eigenvalue weighted by Crippen LogP contribution is -2.49. The van der Waals surface area contributed by atoms with Crippen molar-refractivity contribution in [2.45, 2.75) is 39.8 Å². The normalized spacial score (nSPS) is 11.4. The van der Waals surface area contributed by atoms with Crippen molar-refractivity contribution >= 4 is 18.0 Å². The number of hydrogen-bond donors (Lipinski definition) is 0. The molecule has 0 spiro atoms. The van der Waals surface area contributed by atoms with Gasteiger partial charge in [0.2, 0.25) is 0 Å². The lowest BCUT2D eigenvalue weighted by atomic mass is 10.2. The van der Waals surface area contributed by atoms with Crippen LogP contribution in [0.3, 0.4) is 0 Å². The summed E-state index contributed by atoms with van der Waals surface area (Å²) in [7, 11) is 0. The number of amides is 1. The van der Waals surface area contributed by atoms with E-state index in [1.807, 2.05) is 30.3 Å². The fraction of sp³-hybridized carbons (Fsp3) is 0.550. The molecular weight excluding hydrogens is 366 g/mol. The van der Waals surface area contributed by atoms with Crippen molar-refractivity contribution in [3.63, 3.8) is 0 Å². The first-order valence-corrected chi connectivity index (χ1v) is 9.40. The highest BCUT2D eigenvalue weighted by atomic mass is 16.6. The second-order valence-electron chi connectivity index (χ2n) is 5.72. The van der Waals surface area contributed by atoms with E-state index in [4.69, 9.17) is 18.9 Å². The number of esters is 2. The maximum atomic E-state index is 12.4. The minimum Gasteiger partial charge on any atom is -0.466 e. The Morgan fingerprint density at radius 2 is 1.57 bits per heavy atom. The van der Waals surface area contributed by atoms with Gasteiger partial charge in [0.05, 0.1) is 39.5 Å². The zero-order valence-corrected chi connectivity index (χ0v) is 16.7. The van der Waals surface area contributed by atoms with E-state index in [1.165, 1.54) is 0 Å². The first-order chi connectivity index (χ1) is 13.5. The van der Waals surface area contributed by atoms with Gasteiger partial charge < -0.3 is 18.9 Å². The Bertz CT molecular complexity index is 606. The van der Waals surface area contributed by atoms with Crippen LogP contribution in [0.25, 0.3) is 0 Å². The third-order valence-corrected chi connectivity index (χ3v) is 3.69. The number of hydrogen-bond acceptors (Lipinski definition) is 7. The topological polar surface area (TPSA) is 91.4 Å². The van der Waals surface area contributed by atoms with Gasteiger partial charge in [0.15, 0.2) is 6.04 Å². The monoisotopic (exact) mass is 395 g/mol. The van der Waals surface area contributed by atoms with Crippen molar-refractivity contribution in [2.24, 2.45) is 0 Å². The predicted molar refractivity (Wildman–Crippen MR) is 101 cm³/mol. The van der Waals surface area contributed by atoms with E-state index in [0.29, 0.717) is 0 Å². The van der Waals surface area contributed by atoms with Crippen LogP contribution in [-0.2, 0) is 35.1 Å². The Hall–Kier alpha value is -2.61. The van der Waals surface area contributed by atoms with Gasteiger partial charge in [-0.25, -0.2) is 9.59 Å². The molecule has 0 unspecified atom stereocenters. The van der Waals surface area contributed by atoms with Crippen LogP contribution in [0.2, 0.25) is 0 Å². The van der Waals surface area contributed by atoms with Crippen molar-refractivity contribution in [2.75, 3.05) is 33.0 Å². The number of benzene rings is 1. The molecule has 0 radical (unpaired) electrons. The van der Waals surface area contributed by atoms with Gasteiger partial charge >= 0.3 is 18.0 Å². The van der Waals surface area contributed by atoms with E-state index in [1.54, 1.807) is 20.8 Å². The molecule has 0 bridgehead atoms. The Morgan fingerprint density at radius 3 is 2.18 bits per heavy atom. The molecule has 1 rings (SSSR count). The van der Waals surface area contributed by atoms with Crippen LogP contribution in [0.5, 0.6) is 0 Å². The SMILES string of the molecule is CCOC(=O)CCN(C(=O)OCC)[C@@H](COCc1ccccc1)C(=O)OCC. The lowest BCUT2D eigenvalue weighted by molar-refractivity contribution is -0.153. The molecule has 0 aliphatic rings. The Balaban J connectivity index is 2.86. The molecule has 8 heteroatoms. The van der Waals surface area contributed by atoms with Gasteiger partial charge in [-0.15, -0.1) is 0 Å². The first kappa shape index (κ1) is 23.4. The molecular formula is C20H29NO7. The number of carbonyl (C=O) groups is 3. The summed E-state index contributed by atoms with van der Waals surface area (Å²) in [6.07, 6.45) is -0.783. The molecule has 1 aromatic carbocycles. The van der Waals surface area contributed by atoms with Crippen molar-refractivity contribution < 1.29 is 33.3 Å². The number of ether oxygens (including phenoxy) is 4. The third-order valence-electron chi connectivity index (χ3n) is 3.69. The molecule has 0 N–H and O–H groups in total. The van der Waals surface area contributed by atoms with Crippen LogP contribution in [0, 0.1) is 0 Å². The van der Waals surface area contributed by atoms with E-state index in [0.717, 1.165) is 10.5 Å². The van der Waals surface area contributed by atoms with E-state index >= 15 is 0 Å². The molecule has 1 atom stereocenters. The molecule has 28 heavy (non-hydrogen) atoms. The smallest absolute Gasteiger partial charge is 0.410 e. The zero-order chi connectivity index (χ0) is 20.8. The summed E-state index contributed by atoms with van der Waals surface area (Å²) in [5.74, 6) is -1.09. The van der Waals surface area contributed by atoms with Gasteiger partial charge in [-0.3, -0.25) is 9.69 Å². The molecule has 8 nitrogen and oxygen atoms in total. The second kappa shape index (κ2) is 13.5. The van der Waals surface area contributed by atoms with Crippen LogP contribution in [0.1, 0.15) is 32.8 Å². The molecule has 0 aliphatic heterocycles. The summed E-state index contributed by atoms with van der Waals surface area (Å²) < 4.78 is 20.7. The zero-order valence-electron chi connectivity index (χ0n) is 16.7. The Kier molecular flexibility index (Phi) is 11.3. The van der Waals surface area contributed by atoms with Gasteiger partial charge in [-0.1, -0.05) is 30.3 Å². The molecule has 0 saturated carbocycles. The third kappa shape index (κ3) is 8.39. The largest absolute Gasteiger partial charge is 0.466 e. The average molecular weight is 395 g/mol. The Labute approximate surface area is 165 Å². The molecule has 156 valence electrons. The van der Waals surface area contributed by atoms with Crippen LogP contribution >= 0.6 is 0 Å². The summed E-state index contributed by atoms with van der Waals surface area (Å²) in [4.78, 5) is 37.7. The van der Waals surface area contributed by atoms with E-state index in [9.17, 15) is 14.4 Å². The highest BCUT2D eigenvalue weighted by Gasteiger charge is 2.32. The van der Waals surface area contributed by atoms with Crippen LogP contribution < -0.4 is 0 Å². The van der Waals surface area contributed by atoms with E-state index in [-0.39, 0.29) is 46.0 Å². The van der Waals surface area contributed by atoms with Gasteiger partial charge in [-0.2, -0.15) is 0 Å². The summed E-state index contributed by atoms with van der Waals surface area (Å²) in [5, 5.41) is 0. The maximum Gasteiger partial charge on any atom is 0.410 e. The van der Waals surface area contributed by atoms with Gasteiger partial charge in [0.1, 0.15) is 0 Å². The van der Waals surface area contributed by atoms with Crippen molar-refractivity contribution in [1.82, 2.24) is 4.90 Å². The standard InChI is InChI=1S/C20H29NO7/c1-4-26-18(22)12-13-21(20(24)28-6-3)17(19(23)27-5-2)15-25-14-16-10-8-7-9-11-16/h7-11,17H,4-6,12-15H2,1-3H3/t17-/m0/s1. The molecule has 0 saturated heterocycles. The number of rotatable bonds is 12. The highest BCUT2D eigenvalue weighted by molar-refractivity contribution is 5.82. The molecule has 1 amide bonds. The van der Waals surface area contributed by atoms with E-state index in [2.05, 4.69) is 0 Å². The second-order valence-corrected chi connectivity index (χ2v) is 5.72. The van der Waals surface area contributed by atoms with Gasteiger partial charge in [0, 0.05) is 6.54 Å². The van der Waals surface area contributed by atoms with Crippen molar-refractivity contribution in [3.05, 3.63) is 35.9 Å². The number of carbonyl (C=O) groups excluding carboxylic acids is 3. The molecule has 0 heterocycles. The maximum absolute atomic E-state index is 12.4. The Morgan fingerprint density at radius 1 is 0.929 bits per heavy atom. The van der Waals surface area contributed by atoms with Crippen molar-refractivity contribution in [3.8, 4) is 0 Å². The van der Waals surface area contributed by atoms with Crippen LogP contribution in [0.4, 0.5) is 4.79 Å². The molecule has 1 aromatic rings. The summed E-state index contributed by atoms with van der Waals surface area (Å²) in [6, 6.07) is 8.41. The summed E-state index contributed by atoms with van der Waals surface area (Å²) in [5.41, 5.74) is 0.930. The lowest BCUT2D eigenvalue weighted by Gasteiger charge is -2.29. The molecule has 0 aromatic heterocycles. The fourth-order valence-corrected chi connectivity index (χ4v) is 2.41. The average Bonchev–Trinajstić information content (AvgIpc) is 2.68.